The van der Waals surface area contributed by atoms with Gasteiger partial charge >= 0.3 is 0 Å². The summed E-state index contributed by atoms with van der Waals surface area (Å²) in [6.07, 6.45) is 0.0771. The number of ether oxygens (including phenoxy) is 2. The molecule has 1 atom stereocenters. The number of benzene rings is 2. The molecule has 0 spiro atoms. The van der Waals surface area contributed by atoms with Gasteiger partial charge in [-0.25, -0.2) is 4.39 Å². The van der Waals surface area contributed by atoms with E-state index in [4.69, 9.17) is 9.47 Å². The fourth-order valence-electron chi connectivity index (χ4n) is 3.30. The van der Waals surface area contributed by atoms with Crippen molar-refractivity contribution in [3.05, 3.63) is 47.8 Å². The molecule has 2 heterocycles. The molecule has 1 fully saturated rings. The largest absolute Gasteiger partial charge is 0.486 e. The molecule has 2 aliphatic rings. The van der Waals surface area contributed by atoms with Crippen LogP contribution in [0.1, 0.15) is 12.0 Å². The van der Waals surface area contributed by atoms with Gasteiger partial charge in [0.1, 0.15) is 19.0 Å². The van der Waals surface area contributed by atoms with Gasteiger partial charge in [0.15, 0.2) is 11.5 Å². The fraction of sp³-hybridized carbons (Fsp3) is 0.300. The Balaban J connectivity index is 1.49. The molecule has 2 amide bonds. The highest BCUT2D eigenvalue weighted by molar-refractivity contribution is 6.03. The van der Waals surface area contributed by atoms with Gasteiger partial charge in [-0.2, -0.15) is 0 Å². The third kappa shape index (κ3) is 3.45. The van der Waals surface area contributed by atoms with Crippen LogP contribution in [0.25, 0.3) is 0 Å². The number of fused-ring (bicyclic) bond motifs is 1. The summed E-state index contributed by atoms with van der Waals surface area (Å²) in [5.41, 5.74) is 1.62. The summed E-state index contributed by atoms with van der Waals surface area (Å²) < 4.78 is 24.9. The van der Waals surface area contributed by atoms with Crippen LogP contribution in [0.4, 0.5) is 15.8 Å². The Hall–Kier alpha value is -3.09. The maximum Gasteiger partial charge on any atom is 0.229 e. The van der Waals surface area contributed by atoms with Gasteiger partial charge in [-0.3, -0.25) is 9.59 Å². The lowest BCUT2D eigenvalue weighted by Crippen LogP contribution is -2.28. The van der Waals surface area contributed by atoms with Crippen molar-refractivity contribution in [2.75, 3.05) is 30.0 Å². The number of anilines is 2. The molecular weight excluding hydrogens is 351 g/mol. The molecule has 0 radical (unpaired) electrons. The van der Waals surface area contributed by atoms with E-state index in [2.05, 4.69) is 5.32 Å². The first-order valence-electron chi connectivity index (χ1n) is 8.78. The highest BCUT2D eigenvalue weighted by Gasteiger charge is 2.35. The Labute approximate surface area is 155 Å². The van der Waals surface area contributed by atoms with Gasteiger partial charge < -0.3 is 19.7 Å². The predicted octanol–water partition coefficient (Wildman–Crippen LogP) is 2.90. The number of rotatable bonds is 3. The lowest BCUT2D eigenvalue weighted by molar-refractivity contribution is -0.122. The van der Waals surface area contributed by atoms with Crippen molar-refractivity contribution in [2.24, 2.45) is 5.92 Å². The molecule has 1 N–H and O–H groups in total. The highest BCUT2D eigenvalue weighted by atomic mass is 19.1. The van der Waals surface area contributed by atoms with Crippen molar-refractivity contribution >= 4 is 23.2 Å². The number of aryl methyl sites for hydroxylation is 1. The van der Waals surface area contributed by atoms with Crippen molar-refractivity contribution in [3.8, 4) is 11.5 Å². The minimum atomic E-state index is -0.550. The first-order valence-corrected chi connectivity index (χ1v) is 8.78. The Morgan fingerprint density at radius 2 is 1.93 bits per heavy atom. The first-order chi connectivity index (χ1) is 13.0. The smallest absolute Gasteiger partial charge is 0.229 e. The number of carbonyl (C=O) groups excluding carboxylic acids is 2. The number of nitrogens with one attached hydrogen (secondary N) is 1. The third-order valence-corrected chi connectivity index (χ3v) is 4.71. The zero-order valence-corrected chi connectivity index (χ0v) is 14.8. The molecule has 6 nitrogen and oxygen atoms in total. The monoisotopic (exact) mass is 370 g/mol. The number of hydrogen-bond donors (Lipinski definition) is 1. The van der Waals surface area contributed by atoms with Crippen molar-refractivity contribution in [2.45, 2.75) is 13.3 Å². The maximum absolute atomic E-state index is 13.9. The minimum absolute atomic E-state index is 0.0771. The van der Waals surface area contributed by atoms with E-state index in [1.807, 2.05) is 6.92 Å². The lowest BCUT2D eigenvalue weighted by atomic mass is 10.1. The molecule has 0 aromatic heterocycles. The van der Waals surface area contributed by atoms with Gasteiger partial charge in [0.2, 0.25) is 11.8 Å². The fourth-order valence-corrected chi connectivity index (χ4v) is 3.30. The van der Waals surface area contributed by atoms with Crippen LogP contribution in [0.2, 0.25) is 0 Å². The highest BCUT2D eigenvalue weighted by Crippen LogP contribution is 2.36. The summed E-state index contributed by atoms with van der Waals surface area (Å²) in [6, 6.07) is 9.79. The van der Waals surface area contributed by atoms with E-state index in [-0.39, 0.29) is 30.5 Å². The van der Waals surface area contributed by atoms with Crippen molar-refractivity contribution in [3.63, 3.8) is 0 Å². The first kappa shape index (κ1) is 17.3. The Morgan fingerprint density at radius 1 is 1.15 bits per heavy atom. The van der Waals surface area contributed by atoms with Gasteiger partial charge in [0, 0.05) is 24.7 Å². The SMILES string of the molecule is Cc1ccc(F)c(NC(=O)[C@H]2CC(=O)N(c3ccc4c(c3)OCCO4)C2)c1. The average Bonchev–Trinajstić information content (AvgIpc) is 3.06. The second-order valence-corrected chi connectivity index (χ2v) is 6.71. The molecule has 140 valence electrons. The normalized spacial score (nSPS) is 18.5. The van der Waals surface area contributed by atoms with E-state index < -0.39 is 11.7 Å². The van der Waals surface area contributed by atoms with Gasteiger partial charge in [0.25, 0.3) is 0 Å². The number of carbonyl (C=O) groups is 2. The Kier molecular flexibility index (Phi) is 4.43. The van der Waals surface area contributed by atoms with Crippen LogP contribution >= 0.6 is 0 Å². The van der Waals surface area contributed by atoms with Crippen molar-refractivity contribution in [1.29, 1.82) is 0 Å². The molecule has 27 heavy (non-hydrogen) atoms. The maximum atomic E-state index is 13.9. The predicted molar refractivity (Wildman–Crippen MR) is 97.7 cm³/mol. The molecule has 0 bridgehead atoms. The quantitative estimate of drug-likeness (QED) is 0.902. The summed E-state index contributed by atoms with van der Waals surface area (Å²) in [7, 11) is 0. The van der Waals surface area contributed by atoms with Gasteiger partial charge in [-0.05, 0) is 36.8 Å². The van der Waals surface area contributed by atoms with Gasteiger partial charge in [-0.15, -0.1) is 0 Å². The topological polar surface area (TPSA) is 67.9 Å². The summed E-state index contributed by atoms with van der Waals surface area (Å²) in [5, 5.41) is 2.60. The number of hydrogen-bond acceptors (Lipinski definition) is 4. The van der Waals surface area contributed by atoms with Crippen LogP contribution < -0.4 is 19.7 Å². The van der Waals surface area contributed by atoms with E-state index in [9.17, 15) is 14.0 Å². The zero-order chi connectivity index (χ0) is 19.0. The van der Waals surface area contributed by atoms with Gasteiger partial charge in [-0.1, -0.05) is 6.07 Å². The summed E-state index contributed by atoms with van der Waals surface area (Å²) >= 11 is 0. The molecule has 2 aliphatic heterocycles. The summed E-state index contributed by atoms with van der Waals surface area (Å²) in [5.74, 6) is -0.348. The minimum Gasteiger partial charge on any atom is -0.486 e. The second kappa shape index (κ2) is 6.90. The second-order valence-electron chi connectivity index (χ2n) is 6.71. The van der Waals surface area contributed by atoms with Crippen LogP contribution in [-0.4, -0.2) is 31.6 Å². The van der Waals surface area contributed by atoms with Crippen molar-refractivity contribution in [1.82, 2.24) is 0 Å². The van der Waals surface area contributed by atoms with E-state index >= 15 is 0 Å². The van der Waals surface area contributed by atoms with E-state index in [1.165, 1.54) is 6.07 Å². The Morgan fingerprint density at radius 3 is 2.74 bits per heavy atom. The molecule has 0 saturated carbocycles. The van der Waals surface area contributed by atoms with Crippen LogP contribution in [0.3, 0.4) is 0 Å². The number of nitrogens with zero attached hydrogens (tertiary/aromatic N) is 1. The lowest BCUT2D eigenvalue weighted by Gasteiger charge is -2.22. The van der Waals surface area contributed by atoms with E-state index in [0.29, 0.717) is 30.4 Å². The van der Waals surface area contributed by atoms with Gasteiger partial charge in [0.05, 0.1) is 11.6 Å². The Bertz CT molecular complexity index is 915. The standard InChI is InChI=1S/C20H19FN2O4/c1-12-2-4-15(21)16(8-12)22-20(25)13-9-19(24)23(11-13)14-3-5-17-18(10-14)27-7-6-26-17/h2-5,8,10,13H,6-7,9,11H2,1H3,(H,22,25)/t13-/m0/s1. The third-order valence-electron chi connectivity index (χ3n) is 4.71. The summed E-state index contributed by atoms with van der Waals surface area (Å²) in [4.78, 5) is 26.5. The van der Waals surface area contributed by atoms with E-state index in [1.54, 1.807) is 35.2 Å². The zero-order valence-electron chi connectivity index (χ0n) is 14.8. The van der Waals surface area contributed by atoms with Crippen LogP contribution in [0, 0.1) is 18.7 Å². The average molecular weight is 370 g/mol. The molecule has 0 aliphatic carbocycles. The van der Waals surface area contributed by atoms with E-state index in [0.717, 1.165) is 5.56 Å². The molecule has 2 aromatic carbocycles. The number of amides is 2. The molecular formula is C20H19FN2O4. The molecule has 2 aromatic rings. The molecule has 4 rings (SSSR count). The molecule has 7 heteroatoms. The summed E-state index contributed by atoms with van der Waals surface area (Å²) in [6.45, 7) is 3.00. The van der Waals surface area contributed by atoms with Crippen LogP contribution in [0.5, 0.6) is 11.5 Å². The van der Waals surface area contributed by atoms with Crippen LogP contribution in [-0.2, 0) is 9.59 Å². The molecule has 1 saturated heterocycles. The number of halogens is 1. The van der Waals surface area contributed by atoms with Crippen LogP contribution in [0.15, 0.2) is 36.4 Å². The molecule has 0 unspecified atom stereocenters. The van der Waals surface area contributed by atoms with Crippen molar-refractivity contribution < 1.29 is 23.5 Å².